The Bertz CT molecular complexity index is 660. The van der Waals surface area contributed by atoms with Gasteiger partial charge in [-0.1, -0.05) is 23.2 Å². The summed E-state index contributed by atoms with van der Waals surface area (Å²) in [6, 6.07) is 6.65. The van der Waals surface area contributed by atoms with Crippen molar-refractivity contribution in [2.24, 2.45) is 0 Å². The van der Waals surface area contributed by atoms with E-state index in [-0.39, 0.29) is 24.8 Å². The number of amides is 2. The molecule has 1 aromatic carbocycles. The molecule has 1 aliphatic rings. The predicted molar refractivity (Wildman–Crippen MR) is 90.0 cm³/mol. The number of rotatable bonds is 4. The summed E-state index contributed by atoms with van der Waals surface area (Å²) in [5, 5.41) is 9.44. The fourth-order valence-electron chi connectivity index (χ4n) is 2.42. The van der Waals surface area contributed by atoms with Crippen molar-refractivity contribution in [3.8, 4) is 11.8 Å². The summed E-state index contributed by atoms with van der Waals surface area (Å²) in [6.45, 7) is 1.82. The molecule has 0 aliphatic carbocycles. The van der Waals surface area contributed by atoms with Crippen molar-refractivity contribution >= 4 is 35.0 Å². The monoisotopic (exact) mass is 369 g/mol. The third kappa shape index (κ3) is 5.02. The van der Waals surface area contributed by atoms with Crippen LogP contribution in [-0.4, -0.2) is 54.4 Å². The molecule has 1 aliphatic heterocycles. The Kier molecular flexibility index (Phi) is 6.71. The van der Waals surface area contributed by atoms with Crippen LogP contribution in [0.3, 0.4) is 0 Å². The second-order valence-electron chi connectivity index (χ2n) is 5.31. The van der Waals surface area contributed by atoms with Gasteiger partial charge in [-0.05, 0) is 24.6 Å². The maximum absolute atomic E-state index is 12.3. The lowest BCUT2D eigenvalue weighted by molar-refractivity contribution is -0.134. The first-order chi connectivity index (χ1) is 11.5. The standard InChI is InChI=1S/C16H17Cl2N3O3/c17-12-2-3-14(13(18)10-12)24-11-16(23)21-7-1-6-20(8-9-21)15(22)4-5-19/h2-3,10H,1,4,6-9,11H2. The molecule has 128 valence electrons. The Morgan fingerprint density at radius 1 is 1.12 bits per heavy atom. The van der Waals surface area contributed by atoms with Gasteiger partial charge in [-0.2, -0.15) is 5.26 Å². The van der Waals surface area contributed by atoms with Gasteiger partial charge < -0.3 is 14.5 Å². The van der Waals surface area contributed by atoms with Gasteiger partial charge in [0, 0.05) is 31.2 Å². The number of nitriles is 1. The molecule has 0 radical (unpaired) electrons. The zero-order valence-corrected chi connectivity index (χ0v) is 14.5. The summed E-state index contributed by atoms with van der Waals surface area (Å²) in [4.78, 5) is 27.3. The fraction of sp³-hybridized carbons (Fsp3) is 0.438. The summed E-state index contributed by atoms with van der Waals surface area (Å²) in [7, 11) is 0. The Morgan fingerprint density at radius 2 is 1.79 bits per heavy atom. The van der Waals surface area contributed by atoms with Gasteiger partial charge in [0.1, 0.15) is 12.2 Å². The molecule has 0 saturated carbocycles. The SMILES string of the molecule is N#CCC(=O)N1CCCN(C(=O)COc2ccc(Cl)cc2Cl)CC1. The molecule has 1 fully saturated rings. The molecule has 0 spiro atoms. The maximum Gasteiger partial charge on any atom is 0.260 e. The summed E-state index contributed by atoms with van der Waals surface area (Å²) < 4.78 is 5.46. The average Bonchev–Trinajstić information content (AvgIpc) is 2.80. The molecule has 0 atom stereocenters. The summed E-state index contributed by atoms with van der Waals surface area (Å²) >= 11 is 11.8. The summed E-state index contributed by atoms with van der Waals surface area (Å²) in [5.74, 6) is 0.0293. The summed E-state index contributed by atoms with van der Waals surface area (Å²) in [5.41, 5.74) is 0. The third-order valence-electron chi connectivity index (χ3n) is 3.68. The maximum atomic E-state index is 12.3. The van der Waals surface area contributed by atoms with E-state index in [0.29, 0.717) is 48.4 Å². The van der Waals surface area contributed by atoms with Crippen molar-refractivity contribution < 1.29 is 14.3 Å². The molecule has 0 aromatic heterocycles. The van der Waals surface area contributed by atoms with Crippen LogP contribution in [0.4, 0.5) is 0 Å². The molecule has 1 saturated heterocycles. The van der Waals surface area contributed by atoms with Crippen LogP contribution in [0.15, 0.2) is 18.2 Å². The lowest BCUT2D eigenvalue weighted by Gasteiger charge is -2.21. The van der Waals surface area contributed by atoms with Gasteiger partial charge in [-0.25, -0.2) is 0 Å². The van der Waals surface area contributed by atoms with Crippen molar-refractivity contribution in [2.45, 2.75) is 12.8 Å². The van der Waals surface area contributed by atoms with Crippen LogP contribution in [0.2, 0.25) is 10.0 Å². The molecule has 0 N–H and O–H groups in total. The first kappa shape index (κ1) is 18.4. The highest BCUT2D eigenvalue weighted by molar-refractivity contribution is 6.35. The minimum absolute atomic E-state index is 0.131. The largest absolute Gasteiger partial charge is 0.482 e. The van der Waals surface area contributed by atoms with Gasteiger partial charge in [-0.3, -0.25) is 9.59 Å². The molecule has 1 heterocycles. The average molecular weight is 370 g/mol. The molecule has 2 rings (SSSR count). The van der Waals surface area contributed by atoms with Crippen LogP contribution in [0.1, 0.15) is 12.8 Å². The highest BCUT2D eigenvalue weighted by Crippen LogP contribution is 2.27. The van der Waals surface area contributed by atoms with E-state index in [0.717, 1.165) is 0 Å². The minimum Gasteiger partial charge on any atom is -0.482 e. The number of nitrogens with zero attached hydrogens (tertiary/aromatic N) is 3. The second-order valence-corrected chi connectivity index (χ2v) is 6.16. The Labute approximate surface area is 150 Å². The molecule has 0 bridgehead atoms. The highest BCUT2D eigenvalue weighted by atomic mass is 35.5. The number of carbonyl (C=O) groups excluding carboxylic acids is 2. The lowest BCUT2D eigenvalue weighted by atomic mass is 10.3. The van der Waals surface area contributed by atoms with Gasteiger partial charge in [0.25, 0.3) is 5.91 Å². The number of hydrogen-bond donors (Lipinski definition) is 0. The van der Waals surface area contributed by atoms with Crippen LogP contribution in [0.25, 0.3) is 0 Å². The predicted octanol–water partition coefficient (Wildman–Crippen LogP) is 2.35. The molecule has 24 heavy (non-hydrogen) atoms. The van der Waals surface area contributed by atoms with Crippen LogP contribution in [0.5, 0.6) is 5.75 Å². The van der Waals surface area contributed by atoms with Gasteiger partial charge in [-0.15, -0.1) is 0 Å². The van der Waals surface area contributed by atoms with Crippen molar-refractivity contribution in [3.05, 3.63) is 28.2 Å². The molecule has 1 aromatic rings. The number of ether oxygens (including phenoxy) is 1. The highest BCUT2D eigenvalue weighted by Gasteiger charge is 2.22. The van der Waals surface area contributed by atoms with E-state index < -0.39 is 0 Å². The van der Waals surface area contributed by atoms with Gasteiger partial charge >= 0.3 is 0 Å². The van der Waals surface area contributed by atoms with Crippen LogP contribution >= 0.6 is 23.2 Å². The Morgan fingerprint density at radius 3 is 2.42 bits per heavy atom. The van der Waals surface area contributed by atoms with Gasteiger partial charge in [0.05, 0.1) is 11.1 Å². The van der Waals surface area contributed by atoms with E-state index in [9.17, 15) is 9.59 Å². The minimum atomic E-state index is -0.198. The number of benzene rings is 1. The zero-order chi connectivity index (χ0) is 17.5. The van der Waals surface area contributed by atoms with Crippen molar-refractivity contribution in [1.29, 1.82) is 5.26 Å². The topological polar surface area (TPSA) is 73.6 Å². The van der Waals surface area contributed by atoms with Crippen LogP contribution in [-0.2, 0) is 9.59 Å². The smallest absolute Gasteiger partial charge is 0.260 e. The van der Waals surface area contributed by atoms with Crippen molar-refractivity contribution in [3.63, 3.8) is 0 Å². The molecule has 8 heteroatoms. The van der Waals surface area contributed by atoms with E-state index in [1.54, 1.807) is 28.0 Å². The zero-order valence-electron chi connectivity index (χ0n) is 13.0. The van der Waals surface area contributed by atoms with Crippen molar-refractivity contribution in [2.75, 3.05) is 32.8 Å². The van der Waals surface area contributed by atoms with E-state index in [4.69, 9.17) is 33.2 Å². The van der Waals surface area contributed by atoms with E-state index >= 15 is 0 Å². The lowest BCUT2D eigenvalue weighted by Crippen LogP contribution is -2.39. The first-order valence-corrected chi connectivity index (χ1v) is 8.27. The van der Waals surface area contributed by atoms with Crippen molar-refractivity contribution in [1.82, 2.24) is 9.80 Å². The normalized spacial score (nSPS) is 14.7. The Balaban J connectivity index is 1.86. The van der Waals surface area contributed by atoms with Gasteiger partial charge in [0.2, 0.25) is 5.91 Å². The number of halogens is 2. The van der Waals surface area contributed by atoms with E-state index in [1.165, 1.54) is 0 Å². The Hall–Kier alpha value is -1.97. The quantitative estimate of drug-likeness (QED) is 0.816. The van der Waals surface area contributed by atoms with Crippen LogP contribution in [0, 0.1) is 11.3 Å². The van der Waals surface area contributed by atoms with E-state index in [1.807, 2.05) is 6.07 Å². The molecular weight excluding hydrogens is 353 g/mol. The van der Waals surface area contributed by atoms with E-state index in [2.05, 4.69) is 0 Å². The second kappa shape index (κ2) is 8.76. The number of hydrogen-bond acceptors (Lipinski definition) is 4. The third-order valence-corrected chi connectivity index (χ3v) is 4.21. The molecule has 2 amide bonds. The summed E-state index contributed by atoms with van der Waals surface area (Å²) in [6.07, 6.45) is 0.538. The fourth-order valence-corrected chi connectivity index (χ4v) is 2.88. The van der Waals surface area contributed by atoms with Gasteiger partial charge in [0.15, 0.2) is 6.61 Å². The molecular formula is C16H17Cl2N3O3. The molecule has 6 nitrogen and oxygen atoms in total. The first-order valence-electron chi connectivity index (χ1n) is 7.51. The molecule has 0 unspecified atom stereocenters. The number of carbonyl (C=O) groups is 2. The van der Waals surface area contributed by atoms with Crippen LogP contribution < -0.4 is 4.74 Å².